The van der Waals surface area contributed by atoms with Crippen LogP contribution in [0.4, 0.5) is 0 Å². The van der Waals surface area contributed by atoms with E-state index in [1.54, 1.807) is 45.9 Å². The van der Waals surface area contributed by atoms with Gasteiger partial charge in [-0.1, -0.05) is 20.8 Å². The van der Waals surface area contributed by atoms with Crippen molar-refractivity contribution in [1.82, 2.24) is 0 Å². The summed E-state index contributed by atoms with van der Waals surface area (Å²) in [6.07, 6.45) is -1.12. The summed E-state index contributed by atoms with van der Waals surface area (Å²) in [4.78, 5) is 36.7. The lowest BCUT2D eigenvalue weighted by atomic mass is 9.87. The molecule has 0 fully saturated rings. The van der Waals surface area contributed by atoms with E-state index < -0.39 is 35.4 Å². The Morgan fingerprint density at radius 2 is 1.83 bits per heavy atom. The molecule has 1 aromatic heterocycles. The van der Waals surface area contributed by atoms with Gasteiger partial charge in [0.15, 0.2) is 12.2 Å². The first-order valence-electron chi connectivity index (χ1n) is 9.83. The molecule has 7 heteroatoms. The number of ether oxygens (including phenoxy) is 3. The largest absolute Gasteiger partial charge is 0.483 e. The Morgan fingerprint density at radius 3 is 2.48 bits per heavy atom. The van der Waals surface area contributed by atoms with E-state index in [1.165, 1.54) is 6.07 Å². The third kappa shape index (κ3) is 3.99. The second kappa shape index (κ2) is 7.89. The molecule has 0 amide bonds. The Balaban J connectivity index is 2.21. The average molecular weight is 402 g/mol. The van der Waals surface area contributed by atoms with Crippen molar-refractivity contribution in [2.45, 2.75) is 65.3 Å². The third-order valence-corrected chi connectivity index (χ3v) is 5.21. The second-order valence-electron chi connectivity index (χ2n) is 7.79. The van der Waals surface area contributed by atoms with Gasteiger partial charge in [-0.05, 0) is 38.5 Å². The molecular weight excluding hydrogens is 376 g/mol. The molecule has 3 atom stereocenters. The molecule has 0 saturated heterocycles. The van der Waals surface area contributed by atoms with Gasteiger partial charge in [-0.2, -0.15) is 0 Å². The second-order valence-corrected chi connectivity index (χ2v) is 7.79. The van der Waals surface area contributed by atoms with Gasteiger partial charge in [0, 0.05) is 17.9 Å². The standard InChI is InChI=1S/C22H26O7/c1-6-12(3)21(25)28-19-17-14(10-8-13-9-11-16(24)26-18(13)17)29-22(4,5)20(19)27-15(23)7-2/h8-12,19-20H,6-7H2,1-5H3. The summed E-state index contributed by atoms with van der Waals surface area (Å²) in [6.45, 7) is 8.86. The number of fused-ring (bicyclic) bond motifs is 3. The fourth-order valence-corrected chi connectivity index (χ4v) is 3.31. The maximum absolute atomic E-state index is 12.7. The third-order valence-electron chi connectivity index (χ3n) is 5.21. The number of hydrogen-bond acceptors (Lipinski definition) is 7. The molecule has 0 aliphatic carbocycles. The van der Waals surface area contributed by atoms with Gasteiger partial charge in [-0.25, -0.2) is 4.79 Å². The summed E-state index contributed by atoms with van der Waals surface area (Å²) in [6, 6.07) is 6.44. The first-order valence-corrected chi connectivity index (χ1v) is 9.83. The number of carbonyl (C=O) groups is 2. The minimum atomic E-state index is -0.972. The van der Waals surface area contributed by atoms with Crippen molar-refractivity contribution in [3.63, 3.8) is 0 Å². The van der Waals surface area contributed by atoms with E-state index in [-0.39, 0.29) is 17.9 Å². The Bertz CT molecular complexity index is 988. The molecule has 3 unspecified atom stereocenters. The summed E-state index contributed by atoms with van der Waals surface area (Å²) < 4.78 is 23.0. The number of esters is 2. The quantitative estimate of drug-likeness (QED) is 0.553. The molecule has 1 aliphatic rings. The van der Waals surface area contributed by atoms with E-state index >= 15 is 0 Å². The zero-order valence-corrected chi connectivity index (χ0v) is 17.3. The fourth-order valence-electron chi connectivity index (χ4n) is 3.31. The lowest BCUT2D eigenvalue weighted by molar-refractivity contribution is -0.192. The molecule has 0 radical (unpaired) electrons. The Labute approximate surface area is 168 Å². The number of rotatable bonds is 5. The van der Waals surface area contributed by atoms with Crippen LogP contribution in [0.15, 0.2) is 33.5 Å². The molecular formula is C22H26O7. The highest BCUT2D eigenvalue weighted by atomic mass is 16.6. The highest BCUT2D eigenvalue weighted by molar-refractivity contribution is 5.84. The Morgan fingerprint density at radius 1 is 1.14 bits per heavy atom. The molecule has 156 valence electrons. The first kappa shape index (κ1) is 20.9. The van der Waals surface area contributed by atoms with Gasteiger partial charge < -0.3 is 18.6 Å². The minimum absolute atomic E-state index is 0.163. The smallest absolute Gasteiger partial charge is 0.336 e. The molecule has 0 saturated carbocycles. The van der Waals surface area contributed by atoms with E-state index in [9.17, 15) is 14.4 Å². The summed E-state index contributed by atoms with van der Waals surface area (Å²) in [5, 5.41) is 0.650. The number of benzene rings is 1. The van der Waals surface area contributed by atoms with Crippen LogP contribution in [0.25, 0.3) is 11.0 Å². The molecule has 3 rings (SSSR count). The van der Waals surface area contributed by atoms with Crippen molar-refractivity contribution in [3.8, 4) is 5.75 Å². The van der Waals surface area contributed by atoms with Gasteiger partial charge in [0.2, 0.25) is 0 Å². The molecule has 2 aromatic rings. The van der Waals surface area contributed by atoms with E-state index in [2.05, 4.69) is 0 Å². The first-order chi connectivity index (χ1) is 13.7. The van der Waals surface area contributed by atoms with Gasteiger partial charge in [0.05, 0.1) is 11.5 Å². The van der Waals surface area contributed by atoms with Crippen LogP contribution in [0.5, 0.6) is 5.75 Å². The van der Waals surface area contributed by atoms with Crippen LogP contribution in [-0.2, 0) is 19.1 Å². The molecule has 2 heterocycles. The lowest BCUT2D eigenvalue weighted by Gasteiger charge is -2.43. The average Bonchev–Trinajstić information content (AvgIpc) is 2.68. The predicted molar refractivity (Wildman–Crippen MR) is 106 cm³/mol. The fraction of sp³-hybridized carbons (Fsp3) is 0.500. The van der Waals surface area contributed by atoms with E-state index in [4.69, 9.17) is 18.6 Å². The Kier molecular flexibility index (Phi) is 5.68. The van der Waals surface area contributed by atoms with Crippen LogP contribution < -0.4 is 10.4 Å². The highest BCUT2D eigenvalue weighted by Crippen LogP contribution is 2.46. The maximum Gasteiger partial charge on any atom is 0.336 e. The predicted octanol–water partition coefficient (Wildman–Crippen LogP) is 3.92. The highest BCUT2D eigenvalue weighted by Gasteiger charge is 2.50. The summed E-state index contributed by atoms with van der Waals surface area (Å²) in [5.74, 6) is -0.785. The molecule has 0 spiro atoms. The van der Waals surface area contributed by atoms with Crippen molar-refractivity contribution in [1.29, 1.82) is 0 Å². The molecule has 7 nitrogen and oxygen atoms in total. The van der Waals surface area contributed by atoms with Crippen molar-refractivity contribution in [2.75, 3.05) is 0 Å². The minimum Gasteiger partial charge on any atom is -0.483 e. The normalized spacial score (nSPS) is 21.0. The van der Waals surface area contributed by atoms with Gasteiger partial charge in [-0.15, -0.1) is 0 Å². The molecule has 1 aliphatic heterocycles. The van der Waals surface area contributed by atoms with E-state index in [1.807, 2.05) is 6.92 Å². The van der Waals surface area contributed by atoms with Crippen LogP contribution in [0.3, 0.4) is 0 Å². The monoisotopic (exact) mass is 402 g/mol. The molecule has 1 aromatic carbocycles. The zero-order valence-electron chi connectivity index (χ0n) is 17.3. The maximum atomic E-state index is 12.7. The number of carbonyl (C=O) groups excluding carboxylic acids is 2. The lowest BCUT2D eigenvalue weighted by Crippen LogP contribution is -2.52. The van der Waals surface area contributed by atoms with Crippen LogP contribution in [0.2, 0.25) is 0 Å². The van der Waals surface area contributed by atoms with E-state index in [0.29, 0.717) is 23.1 Å². The van der Waals surface area contributed by atoms with Gasteiger partial charge in [-0.3, -0.25) is 9.59 Å². The summed E-state index contributed by atoms with van der Waals surface area (Å²) in [5.41, 5.74) is -0.860. The van der Waals surface area contributed by atoms with Crippen LogP contribution in [0.1, 0.15) is 59.1 Å². The summed E-state index contributed by atoms with van der Waals surface area (Å²) in [7, 11) is 0. The SMILES string of the molecule is CCC(=O)OC1C(OC(=O)C(C)CC)c2c(ccc3ccc(=O)oc23)OC1(C)C. The molecule has 0 N–H and O–H groups in total. The van der Waals surface area contributed by atoms with Crippen molar-refractivity contribution in [2.24, 2.45) is 5.92 Å². The van der Waals surface area contributed by atoms with Crippen LogP contribution in [-0.4, -0.2) is 23.6 Å². The van der Waals surface area contributed by atoms with Crippen molar-refractivity contribution in [3.05, 3.63) is 40.2 Å². The van der Waals surface area contributed by atoms with Crippen LogP contribution >= 0.6 is 0 Å². The topological polar surface area (TPSA) is 92.0 Å². The van der Waals surface area contributed by atoms with Crippen LogP contribution in [0, 0.1) is 5.92 Å². The summed E-state index contributed by atoms with van der Waals surface area (Å²) >= 11 is 0. The van der Waals surface area contributed by atoms with E-state index in [0.717, 1.165) is 0 Å². The van der Waals surface area contributed by atoms with Gasteiger partial charge in [0.25, 0.3) is 0 Å². The van der Waals surface area contributed by atoms with Gasteiger partial charge in [0.1, 0.15) is 16.9 Å². The van der Waals surface area contributed by atoms with Crippen molar-refractivity contribution >= 4 is 22.9 Å². The van der Waals surface area contributed by atoms with Gasteiger partial charge >= 0.3 is 17.6 Å². The number of hydrogen-bond donors (Lipinski definition) is 0. The molecule has 0 bridgehead atoms. The van der Waals surface area contributed by atoms with Crippen molar-refractivity contribution < 1.29 is 28.2 Å². The Hall–Kier alpha value is -2.83. The molecule has 29 heavy (non-hydrogen) atoms. The zero-order chi connectivity index (χ0) is 21.3.